The lowest BCUT2D eigenvalue weighted by molar-refractivity contribution is -0.136. The highest BCUT2D eigenvalue weighted by Crippen LogP contribution is 2.01. The molecule has 0 aliphatic heterocycles. The van der Waals surface area contributed by atoms with E-state index < -0.39 is 5.97 Å². The second kappa shape index (κ2) is 3.66. The Morgan fingerprint density at radius 3 is 2.92 bits per heavy atom. The Kier molecular flexibility index (Phi) is 2.57. The van der Waals surface area contributed by atoms with Crippen molar-refractivity contribution in [2.24, 2.45) is 0 Å². The largest absolute Gasteiger partial charge is 0.481 e. The summed E-state index contributed by atoms with van der Waals surface area (Å²) in [7, 11) is 0. The van der Waals surface area contributed by atoms with Gasteiger partial charge in [0.2, 0.25) is 0 Å². The fraction of sp³-hybridized carbons (Fsp3) is 0.286. The van der Waals surface area contributed by atoms with Crippen LogP contribution in [0.25, 0.3) is 0 Å². The van der Waals surface area contributed by atoms with Gasteiger partial charge in [0.05, 0.1) is 6.42 Å². The summed E-state index contributed by atoms with van der Waals surface area (Å²) in [6, 6.07) is 1.57. The van der Waals surface area contributed by atoms with Crippen LogP contribution in [-0.2, 0) is 11.2 Å². The summed E-state index contributed by atoms with van der Waals surface area (Å²) in [4.78, 5) is 17.7. The number of rotatable bonds is 3. The van der Waals surface area contributed by atoms with Crippen LogP contribution in [0.2, 0.25) is 0 Å². The minimum absolute atomic E-state index is 0.0659. The van der Waals surface area contributed by atoms with E-state index in [0.717, 1.165) is 0 Å². The number of aromatic nitrogens is 2. The topological polar surface area (TPSA) is 89.1 Å². The summed E-state index contributed by atoms with van der Waals surface area (Å²) in [5.74, 6) is -0.474. The van der Waals surface area contributed by atoms with Gasteiger partial charge in [0, 0.05) is 18.2 Å². The standard InChI is InChI=1S/C7H9N3O2/c8-6-3-5(9-4-10-6)1-2-7(11)12/h3-4H,1-2H2,(H,11,12)(H2,8,9,10). The normalized spacial score (nSPS) is 9.67. The summed E-state index contributed by atoms with van der Waals surface area (Å²) in [6.45, 7) is 0. The Morgan fingerprint density at radius 2 is 2.33 bits per heavy atom. The van der Waals surface area contributed by atoms with Crippen LogP contribution in [0, 0.1) is 0 Å². The highest BCUT2D eigenvalue weighted by molar-refractivity contribution is 5.67. The van der Waals surface area contributed by atoms with Gasteiger partial charge in [-0.2, -0.15) is 0 Å². The number of anilines is 1. The van der Waals surface area contributed by atoms with Crippen LogP contribution in [0.15, 0.2) is 12.4 Å². The SMILES string of the molecule is Nc1cc(CCC(=O)O)ncn1. The minimum Gasteiger partial charge on any atom is -0.481 e. The quantitative estimate of drug-likeness (QED) is 0.665. The lowest BCUT2D eigenvalue weighted by atomic mass is 10.2. The van der Waals surface area contributed by atoms with E-state index in [1.165, 1.54) is 6.33 Å². The van der Waals surface area contributed by atoms with E-state index in [0.29, 0.717) is 17.9 Å². The molecule has 0 saturated heterocycles. The molecule has 1 aromatic rings. The summed E-state index contributed by atoms with van der Waals surface area (Å²) >= 11 is 0. The molecule has 1 rings (SSSR count). The Morgan fingerprint density at radius 1 is 1.58 bits per heavy atom. The van der Waals surface area contributed by atoms with Crippen molar-refractivity contribution < 1.29 is 9.90 Å². The zero-order valence-corrected chi connectivity index (χ0v) is 6.40. The van der Waals surface area contributed by atoms with Gasteiger partial charge in [0.15, 0.2) is 0 Å². The molecule has 0 radical (unpaired) electrons. The second-order valence-corrected chi connectivity index (χ2v) is 2.33. The van der Waals surface area contributed by atoms with E-state index in [2.05, 4.69) is 9.97 Å². The predicted molar refractivity (Wildman–Crippen MR) is 42.4 cm³/mol. The second-order valence-electron chi connectivity index (χ2n) is 2.33. The molecule has 0 atom stereocenters. The number of carboxylic acids is 1. The van der Waals surface area contributed by atoms with Crippen molar-refractivity contribution in [3.63, 3.8) is 0 Å². The van der Waals surface area contributed by atoms with Gasteiger partial charge in [-0.3, -0.25) is 4.79 Å². The third-order valence-electron chi connectivity index (χ3n) is 1.34. The number of nitrogens with zero attached hydrogens (tertiary/aromatic N) is 2. The summed E-state index contributed by atoms with van der Waals surface area (Å²) in [5, 5.41) is 8.37. The van der Waals surface area contributed by atoms with Crippen molar-refractivity contribution >= 4 is 11.8 Å². The average Bonchev–Trinajstić information content (AvgIpc) is 2.01. The van der Waals surface area contributed by atoms with E-state index in [1.54, 1.807) is 6.07 Å². The Bertz CT molecular complexity index is 288. The molecule has 5 nitrogen and oxygen atoms in total. The molecule has 3 N–H and O–H groups in total. The van der Waals surface area contributed by atoms with Gasteiger partial charge in [-0.15, -0.1) is 0 Å². The molecule has 5 heteroatoms. The van der Waals surface area contributed by atoms with Gasteiger partial charge < -0.3 is 10.8 Å². The van der Waals surface area contributed by atoms with Crippen LogP contribution in [0.5, 0.6) is 0 Å². The molecule has 1 aromatic heterocycles. The molecule has 0 fully saturated rings. The molecule has 0 spiro atoms. The molecule has 0 aromatic carbocycles. The Balaban J connectivity index is 2.57. The van der Waals surface area contributed by atoms with Crippen LogP contribution in [0.1, 0.15) is 12.1 Å². The highest BCUT2D eigenvalue weighted by Gasteiger charge is 2.00. The first-order chi connectivity index (χ1) is 5.68. The maximum atomic E-state index is 10.2. The van der Waals surface area contributed by atoms with Crippen LogP contribution in [-0.4, -0.2) is 21.0 Å². The molecule has 1 heterocycles. The van der Waals surface area contributed by atoms with Crippen molar-refractivity contribution in [1.82, 2.24) is 9.97 Å². The average molecular weight is 167 g/mol. The molecular formula is C7H9N3O2. The minimum atomic E-state index is -0.841. The first kappa shape index (κ1) is 8.45. The fourth-order valence-corrected chi connectivity index (χ4v) is 0.787. The van der Waals surface area contributed by atoms with Crippen LogP contribution >= 0.6 is 0 Å². The van der Waals surface area contributed by atoms with E-state index in [-0.39, 0.29) is 6.42 Å². The molecule has 0 bridgehead atoms. The van der Waals surface area contributed by atoms with Crippen molar-refractivity contribution in [3.05, 3.63) is 18.1 Å². The van der Waals surface area contributed by atoms with Crippen molar-refractivity contribution in [2.75, 3.05) is 5.73 Å². The number of aliphatic carboxylic acids is 1. The molecule has 0 unspecified atom stereocenters. The number of nitrogens with two attached hydrogens (primary N) is 1. The van der Waals surface area contributed by atoms with Gasteiger partial charge in [0.25, 0.3) is 0 Å². The van der Waals surface area contributed by atoms with Crippen LogP contribution < -0.4 is 5.73 Å². The van der Waals surface area contributed by atoms with Gasteiger partial charge in [-0.25, -0.2) is 9.97 Å². The molecule has 0 aliphatic carbocycles. The summed E-state index contributed by atoms with van der Waals surface area (Å²) in [5.41, 5.74) is 6.02. The van der Waals surface area contributed by atoms with Crippen LogP contribution in [0.4, 0.5) is 5.82 Å². The zero-order valence-electron chi connectivity index (χ0n) is 6.40. The van der Waals surface area contributed by atoms with Crippen LogP contribution in [0.3, 0.4) is 0 Å². The Labute approximate surface area is 69.3 Å². The molecule has 0 aliphatic rings. The first-order valence-corrected chi connectivity index (χ1v) is 3.46. The van der Waals surface area contributed by atoms with Gasteiger partial charge in [-0.1, -0.05) is 0 Å². The van der Waals surface area contributed by atoms with Gasteiger partial charge in [0.1, 0.15) is 12.1 Å². The monoisotopic (exact) mass is 167 g/mol. The zero-order chi connectivity index (χ0) is 8.97. The van der Waals surface area contributed by atoms with E-state index in [4.69, 9.17) is 10.8 Å². The van der Waals surface area contributed by atoms with Crippen molar-refractivity contribution in [2.45, 2.75) is 12.8 Å². The lowest BCUT2D eigenvalue weighted by Crippen LogP contribution is -2.01. The third kappa shape index (κ3) is 2.53. The predicted octanol–water partition coefficient (Wildman–Crippen LogP) is 0.0760. The van der Waals surface area contributed by atoms with Gasteiger partial charge >= 0.3 is 5.97 Å². The molecule has 64 valence electrons. The number of aryl methyl sites for hydroxylation is 1. The lowest BCUT2D eigenvalue weighted by Gasteiger charge is -1.97. The van der Waals surface area contributed by atoms with E-state index in [9.17, 15) is 4.79 Å². The third-order valence-corrected chi connectivity index (χ3v) is 1.34. The number of carbonyl (C=O) groups is 1. The smallest absolute Gasteiger partial charge is 0.303 e. The molecule has 0 saturated carbocycles. The molecule has 12 heavy (non-hydrogen) atoms. The number of hydrogen-bond acceptors (Lipinski definition) is 4. The maximum Gasteiger partial charge on any atom is 0.303 e. The highest BCUT2D eigenvalue weighted by atomic mass is 16.4. The van der Waals surface area contributed by atoms with E-state index in [1.807, 2.05) is 0 Å². The van der Waals surface area contributed by atoms with E-state index >= 15 is 0 Å². The first-order valence-electron chi connectivity index (χ1n) is 3.46. The summed E-state index contributed by atoms with van der Waals surface area (Å²) in [6.07, 6.45) is 1.78. The Hall–Kier alpha value is -1.65. The fourth-order valence-electron chi connectivity index (χ4n) is 0.787. The summed E-state index contributed by atoms with van der Waals surface area (Å²) < 4.78 is 0. The van der Waals surface area contributed by atoms with Crippen molar-refractivity contribution in [1.29, 1.82) is 0 Å². The number of hydrogen-bond donors (Lipinski definition) is 2. The van der Waals surface area contributed by atoms with Gasteiger partial charge in [-0.05, 0) is 0 Å². The maximum absolute atomic E-state index is 10.2. The number of nitrogen functional groups attached to an aromatic ring is 1. The molecule has 0 amide bonds. The number of carboxylic acid groups (broad SMARTS) is 1. The molecular weight excluding hydrogens is 158 g/mol. The van der Waals surface area contributed by atoms with Crippen molar-refractivity contribution in [3.8, 4) is 0 Å².